The number of carbonyl (C=O) groups is 1. The van der Waals surface area contributed by atoms with E-state index in [1.54, 1.807) is 0 Å². The van der Waals surface area contributed by atoms with Crippen LogP contribution in [0.25, 0.3) is 0 Å². The fourth-order valence-corrected chi connectivity index (χ4v) is 2.63. The molecule has 1 aliphatic rings. The number of nitrogens with one attached hydrogen (secondary N) is 1. The first kappa shape index (κ1) is 14.0. The van der Waals surface area contributed by atoms with Crippen LogP contribution in [0, 0.1) is 11.8 Å². The van der Waals surface area contributed by atoms with Crippen LogP contribution in [0.4, 0.5) is 0 Å². The summed E-state index contributed by atoms with van der Waals surface area (Å²) in [5.74, 6) is 1.64. The lowest BCUT2D eigenvalue weighted by Crippen LogP contribution is -2.26. The second kappa shape index (κ2) is 8.10. The van der Waals surface area contributed by atoms with Gasteiger partial charge in [-0.2, -0.15) is 0 Å². The summed E-state index contributed by atoms with van der Waals surface area (Å²) < 4.78 is 0. The molecule has 1 fully saturated rings. The van der Waals surface area contributed by atoms with Gasteiger partial charge in [0.25, 0.3) is 0 Å². The molecular formula is C13H24BrNO. The minimum Gasteiger partial charge on any atom is -0.356 e. The Hall–Kier alpha value is -0.0500. The number of hydrogen-bond acceptors (Lipinski definition) is 1. The SMILES string of the molecule is CC(CBr)CCCNC(=O)CC1CCCC1. The minimum absolute atomic E-state index is 0.262. The van der Waals surface area contributed by atoms with Crippen molar-refractivity contribution in [2.24, 2.45) is 11.8 Å². The maximum Gasteiger partial charge on any atom is 0.220 e. The lowest BCUT2D eigenvalue weighted by molar-refractivity contribution is -0.121. The summed E-state index contributed by atoms with van der Waals surface area (Å²) in [6.45, 7) is 3.08. The van der Waals surface area contributed by atoms with E-state index in [4.69, 9.17) is 0 Å². The van der Waals surface area contributed by atoms with Crippen LogP contribution in [0.2, 0.25) is 0 Å². The molecule has 1 amide bonds. The Bertz CT molecular complexity index is 202. The molecule has 1 rings (SSSR count). The smallest absolute Gasteiger partial charge is 0.220 e. The van der Waals surface area contributed by atoms with Gasteiger partial charge in [-0.15, -0.1) is 0 Å². The molecule has 1 unspecified atom stereocenters. The average Bonchev–Trinajstić information content (AvgIpc) is 2.76. The van der Waals surface area contributed by atoms with Gasteiger partial charge in [0.2, 0.25) is 5.91 Å². The van der Waals surface area contributed by atoms with Gasteiger partial charge in [0.05, 0.1) is 0 Å². The van der Waals surface area contributed by atoms with Gasteiger partial charge in [-0.3, -0.25) is 4.79 Å². The van der Waals surface area contributed by atoms with Crippen LogP contribution in [-0.2, 0) is 4.79 Å². The Kier molecular flexibility index (Phi) is 7.10. The molecular weight excluding hydrogens is 266 g/mol. The maximum atomic E-state index is 11.6. The van der Waals surface area contributed by atoms with Crippen LogP contribution < -0.4 is 5.32 Å². The molecule has 1 aliphatic carbocycles. The van der Waals surface area contributed by atoms with Gasteiger partial charge in [-0.1, -0.05) is 35.7 Å². The minimum atomic E-state index is 0.262. The van der Waals surface area contributed by atoms with Crippen molar-refractivity contribution in [3.8, 4) is 0 Å². The number of halogens is 1. The first-order valence-corrected chi connectivity index (χ1v) is 7.67. The molecule has 1 saturated carbocycles. The number of alkyl halides is 1. The van der Waals surface area contributed by atoms with E-state index in [0.29, 0.717) is 11.8 Å². The predicted octanol–water partition coefficient (Wildman–Crippen LogP) is 3.49. The number of amides is 1. The summed E-state index contributed by atoms with van der Waals surface area (Å²) in [6.07, 6.45) is 8.20. The molecule has 2 nitrogen and oxygen atoms in total. The Morgan fingerprint density at radius 1 is 1.44 bits per heavy atom. The highest BCUT2D eigenvalue weighted by atomic mass is 79.9. The summed E-state index contributed by atoms with van der Waals surface area (Å²) in [5.41, 5.74) is 0. The Balaban J connectivity index is 1.97. The van der Waals surface area contributed by atoms with Gasteiger partial charge < -0.3 is 5.32 Å². The molecule has 1 atom stereocenters. The highest BCUT2D eigenvalue weighted by Gasteiger charge is 2.17. The van der Waals surface area contributed by atoms with E-state index in [1.807, 2.05) is 0 Å². The fraction of sp³-hybridized carbons (Fsp3) is 0.923. The monoisotopic (exact) mass is 289 g/mol. The van der Waals surface area contributed by atoms with E-state index in [0.717, 1.165) is 24.7 Å². The van der Waals surface area contributed by atoms with Gasteiger partial charge in [0.15, 0.2) is 0 Å². The second-order valence-electron chi connectivity index (χ2n) is 5.11. The second-order valence-corrected chi connectivity index (χ2v) is 5.75. The zero-order valence-corrected chi connectivity index (χ0v) is 11.9. The molecule has 0 aromatic heterocycles. The molecule has 0 bridgehead atoms. The summed E-state index contributed by atoms with van der Waals surface area (Å²) in [7, 11) is 0. The summed E-state index contributed by atoms with van der Waals surface area (Å²) in [4.78, 5) is 11.6. The summed E-state index contributed by atoms with van der Waals surface area (Å²) >= 11 is 3.47. The average molecular weight is 290 g/mol. The van der Waals surface area contributed by atoms with Crippen molar-refractivity contribution in [3.63, 3.8) is 0 Å². The third kappa shape index (κ3) is 5.88. The van der Waals surface area contributed by atoms with Crippen molar-refractivity contribution >= 4 is 21.8 Å². The van der Waals surface area contributed by atoms with Crippen LogP contribution in [0.1, 0.15) is 51.9 Å². The molecule has 94 valence electrons. The zero-order chi connectivity index (χ0) is 11.8. The topological polar surface area (TPSA) is 29.1 Å². The zero-order valence-electron chi connectivity index (χ0n) is 10.3. The van der Waals surface area contributed by atoms with Crippen molar-refractivity contribution < 1.29 is 4.79 Å². The van der Waals surface area contributed by atoms with E-state index in [1.165, 1.54) is 32.1 Å². The molecule has 0 radical (unpaired) electrons. The van der Waals surface area contributed by atoms with Crippen LogP contribution in [-0.4, -0.2) is 17.8 Å². The van der Waals surface area contributed by atoms with Gasteiger partial charge in [0.1, 0.15) is 0 Å². The van der Waals surface area contributed by atoms with E-state index in [9.17, 15) is 4.79 Å². The highest BCUT2D eigenvalue weighted by Crippen LogP contribution is 2.27. The van der Waals surface area contributed by atoms with Gasteiger partial charge >= 0.3 is 0 Å². The first-order chi connectivity index (χ1) is 7.72. The predicted molar refractivity (Wildman–Crippen MR) is 71.8 cm³/mol. The van der Waals surface area contributed by atoms with Gasteiger partial charge in [-0.05, 0) is 37.5 Å². The number of rotatable bonds is 7. The Morgan fingerprint density at radius 2 is 2.12 bits per heavy atom. The van der Waals surface area contributed by atoms with Crippen LogP contribution in [0.3, 0.4) is 0 Å². The van der Waals surface area contributed by atoms with E-state index >= 15 is 0 Å². The molecule has 0 saturated heterocycles. The molecule has 3 heteroatoms. The lowest BCUT2D eigenvalue weighted by atomic mass is 10.0. The highest BCUT2D eigenvalue weighted by molar-refractivity contribution is 9.09. The first-order valence-electron chi connectivity index (χ1n) is 6.55. The molecule has 16 heavy (non-hydrogen) atoms. The van der Waals surface area contributed by atoms with Crippen LogP contribution in [0.5, 0.6) is 0 Å². The third-order valence-corrected chi connectivity index (χ3v) is 4.51. The van der Waals surface area contributed by atoms with Crippen molar-refractivity contribution in [2.75, 3.05) is 11.9 Å². The van der Waals surface area contributed by atoms with E-state index in [2.05, 4.69) is 28.2 Å². The van der Waals surface area contributed by atoms with Crippen molar-refractivity contribution in [2.45, 2.75) is 51.9 Å². The lowest BCUT2D eigenvalue weighted by Gasteiger charge is -2.10. The van der Waals surface area contributed by atoms with Crippen molar-refractivity contribution in [1.82, 2.24) is 5.32 Å². The molecule has 1 N–H and O–H groups in total. The normalized spacial score (nSPS) is 18.6. The number of hydrogen-bond donors (Lipinski definition) is 1. The largest absolute Gasteiger partial charge is 0.356 e. The van der Waals surface area contributed by atoms with E-state index in [-0.39, 0.29) is 5.91 Å². The van der Waals surface area contributed by atoms with Crippen molar-refractivity contribution in [1.29, 1.82) is 0 Å². The molecule has 0 spiro atoms. The van der Waals surface area contributed by atoms with Crippen molar-refractivity contribution in [3.05, 3.63) is 0 Å². The summed E-state index contributed by atoms with van der Waals surface area (Å²) in [5, 5.41) is 4.09. The fourth-order valence-electron chi connectivity index (χ4n) is 2.30. The third-order valence-electron chi connectivity index (χ3n) is 3.41. The standard InChI is InChI=1S/C13H24BrNO/c1-11(10-14)5-4-8-15-13(16)9-12-6-2-3-7-12/h11-12H,2-10H2,1H3,(H,15,16). The molecule has 0 heterocycles. The maximum absolute atomic E-state index is 11.6. The molecule has 0 aliphatic heterocycles. The summed E-state index contributed by atoms with van der Waals surface area (Å²) in [6, 6.07) is 0. The Morgan fingerprint density at radius 3 is 2.75 bits per heavy atom. The Labute approximate surface area is 108 Å². The van der Waals surface area contributed by atoms with Crippen LogP contribution >= 0.6 is 15.9 Å². The quantitative estimate of drug-likeness (QED) is 0.564. The van der Waals surface area contributed by atoms with Gasteiger partial charge in [-0.25, -0.2) is 0 Å². The van der Waals surface area contributed by atoms with Crippen LogP contribution in [0.15, 0.2) is 0 Å². The molecule has 0 aromatic rings. The van der Waals surface area contributed by atoms with Gasteiger partial charge in [0, 0.05) is 18.3 Å². The molecule has 0 aromatic carbocycles. The van der Waals surface area contributed by atoms with E-state index < -0.39 is 0 Å². The number of carbonyl (C=O) groups excluding carboxylic acids is 1.